The first-order chi connectivity index (χ1) is 7.20. The number of hydrogen-bond donors (Lipinski definition) is 1. The fourth-order valence-corrected chi connectivity index (χ4v) is 2.66. The summed E-state index contributed by atoms with van der Waals surface area (Å²) in [6.45, 7) is 5.49. The van der Waals surface area contributed by atoms with Gasteiger partial charge in [-0.25, -0.2) is 0 Å². The summed E-state index contributed by atoms with van der Waals surface area (Å²) in [5.74, 6) is 0.351. The molecule has 0 bridgehead atoms. The van der Waals surface area contributed by atoms with Gasteiger partial charge in [-0.3, -0.25) is 0 Å². The van der Waals surface area contributed by atoms with Gasteiger partial charge in [-0.2, -0.15) is 13.2 Å². The van der Waals surface area contributed by atoms with Crippen LogP contribution >= 0.6 is 0 Å². The molecular formula is C12H22F3N. The second-order valence-corrected chi connectivity index (χ2v) is 5.86. The van der Waals surface area contributed by atoms with Crippen LogP contribution in [0.4, 0.5) is 13.2 Å². The number of rotatable bonds is 2. The number of halogens is 3. The summed E-state index contributed by atoms with van der Waals surface area (Å²) < 4.78 is 36.5. The van der Waals surface area contributed by atoms with Crippen LogP contribution < -0.4 is 5.32 Å². The smallest absolute Gasteiger partial charge is 0.306 e. The van der Waals surface area contributed by atoms with Gasteiger partial charge in [-0.05, 0) is 24.2 Å². The average molecular weight is 237 g/mol. The lowest BCUT2D eigenvalue weighted by Gasteiger charge is -2.41. The SMILES string of the molecule is CC(C)(C)C1CCCCC1NCC(F)(F)F. The molecule has 16 heavy (non-hydrogen) atoms. The molecule has 0 saturated heterocycles. The summed E-state index contributed by atoms with van der Waals surface area (Å²) in [4.78, 5) is 0. The Hall–Kier alpha value is -0.250. The first kappa shape index (κ1) is 13.8. The van der Waals surface area contributed by atoms with Gasteiger partial charge in [-0.1, -0.05) is 33.6 Å². The van der Waals surface area contributed by atoms with E-state index in [2.05, 4.69) is 26.1 Å². The molecule has 1 saturated carbocycles. The van der Waals surface area contributed by atoms with Crippen LogP contribution in [0.15, 0.2) is 0 Å². The average Bonchev–Trinajstić information content (AvgIpc) is 2.12. The maximum Gasteiger partial charge on any atom is 0.401 e. The van der Waals surface area contributed by atoms with Gasteiger partial charge < -0.3 is 5.32 Å². The molecule has 0 aromatic rings. The molecule has 1 aliphatic rings. The molecule has 0 aromatic carbocycles. The summed E-state index contributed by atoms with van der Waals surface area (Å²) in [6.07, 6.45) is 0.00512. The van der Waals surface area contributed by atoms with E-state index < -0.39 is 12.7 Å². The monoisotopic (exact) mass is 237 g/mol. The first-order valence-corrected chi connectivity index (χ1v) is 6.00. The van der Waals surface area contributed by atoms with Gasteiger partial charge >= 0.3 is 6.18 Å². The molecule has 0 aliphatic heterocycles. The standard InChI is InChI=1S/C12H22F3N/c1-11(2,3)9-6-4-5-7-10(9)16-8-12(13,14)15/h9-10,16H,4-8H2,1-3H3. The Morgan fingerprint density at radius 3 is 2.12 bits per heavy atom. The Morgan fingerprint density at radius 1 is 1.06 bits per heavy atom. The van der Waals surface area contributed by atoms with E-state index in [0.29, 0.717) is 5.92 Å². The molecule has 0 spiro atoms. The Bertz CT molecular complexity index is 217. The number of alkyl halides is 3. The van der Waals surface area contributed by atoms with Gasteiger partial charge in [0.2, 0.25) is 0 Å². The molecule has 2 atom stereocenters. The second kappa shape index (κ2) is 4.94. The summed E-state index contributed by atoms with van der Waals surface area (Å²) in [5.41, 5.74) is 0.0870. The molecule has 4 heteroatoms. The summed E-state index contributed by atoms with van der Waals surface area (Å²) in [6, 6.07) is 0.0235. The van der Waals surface area contributed by atoms with Crippen molar-refractivity contribution < 1.29 is 13.2 Å². The van der Waals surface area contributed by atoms with E-state index in [-0.39, 0.29) is 11.5 Å². The van der Waals surface area contributed by atoms with Crippen LogP contribution in [0.5, 0.6) is 0 Å². The molecular weight excluding hydrogens is 215 g/mol. The highest BCUT2D eigenvalue weighted by molar-refractivity contribution is 4.88. The van der Waals surface area contributed by atoms with E-state index in [4.69, 9.17) is 0 Å². The molecule has 2 unspecified atom stereocenters. The zero-order valence-electron chi connectivity index (χ0n) is 10.3. The zero-order valence-corrected chi connectivity index (χ0v) is 10.3. The molecule has 1 rings (SSSR count). The van der Waals surface area contributed by atoms with Crippen molar-refractivity contribution in [3.8, 4) is 0 Å². The number of hydrogen-bond acceptors (Lipinski definition) is 1. The Kier molecular flexibility index (Phi) is 4.27. The Labute approximate surface area is 95.8 Å². The van der Waals surface area contributed by atoms with Crippen molar-refractivity contribution in [2.75, 3.05) is 6.54 Å². The lowest BCUT2D eigenvalue weighted by atomic mass is 9.69. The third-order valence-corrected chi connectivity index (χ3v) is 3.44. The van der Waals surface area contributed by atoms with Crippen LogP contribution in [-0.2, 0) is 0 Å². The van der Waals surface area contributed by atoms with Crippen LogP contribution in [0.3, 0.4) is 0 Å². The molecule has 1 nitrogen and oxygen atoms in total. The van der Waals surface area contributed by atoms with E-state index in [0.717, 1.165) is 25.7 Å². The molecule has 0 aromatic heterocycles. The lowest BCUT2D eigenvalue weighted by Crippen LogP contribution is -2.47. The van der Waals surface area contributed by atoms with E-state index in [9.17, 15) is 13.2 Å². The highest BCUT2D eigenvalue weighted by Crippen LogP contribution is 2.38. The molecule has 0 amide bonds. The van der Waals surface area contributed by atoms with Gasteiger partial charge in [0.15, 0.2) is 0 Å². The zero-order chi connectivity index (χ0) is 12.4. The van der Waals surface area contributed by atoms with Crippen LogP contribution in [-0.4, -0.2) is 18.8 Å². The normalized spacial score (nSPS) is 28.1. The highest BCUT2D eigenvalue weighted by Gasteiger charge is 2.36. The summed E-state index contributed by atoms with van der Waals surface area (Å²) in [5, 5.41) is 2.69. The van der Waals surface area contributed by atoms with Crippen LogP contribution in [0.2, 0.25) is 0 Å². The Balaban J connectivity index is 2.54. The van der Waals surface area contributed by atoms with Crippen LogP contribution in [0.25, 0.3) is 0 Å². The van der Waals surface area contributed by atoms with Gasteiger partial charge in [0, 0.05) is 6.04 Å². The molecule has 1 aliphatic carbocycles. The van der Waals surface area contributed by atoms with E-state index in [1.165, 1.54) is 0 Å². The van der Waals surface area contributed by atoms with E-state index >= 15 is 0 Å². The minimum Gasteiger partial charge on any atom is -0.306 e. The fourth-order valence-electron chi connectivity index (χ4n) is 2.66. The van der Waals surface area contributed by atoms with E-state index in [1.807, 2.05) is 0 Å². The maximum absolute atomic E-state index is 12.2. The second-order valence-electron chi connectivity index (χ2n) is 5.86. The van der Waals surface area contributed by atoms with Gasteiger partial charge in [0.25, 0.3) is 0 Å². The summed E-state index contributed by atoms with van der Waals surface area (Å²) in [7, 11) is 0. The topological polar surface area (TPSA) is 12.0 Å². The van der Waals surface area contributed by atoms with Crippen molar-refractivity contribution in [2.45, 2.75) is 58.7 Å². The minimum absolute atomic E-state index is 0.0235. The molecule has 96 valence electrons. The van der Waals surface area contributed by atoms with Gasteiger partial charge in [-0.15, -0.1) is 0 Å². The molecule has 0 heterocycles. The van der Waals surface area contributed by atoms with Crippen molar-refractivity contribution in [3.05, 3.63) is 0 Å². The summed E-state index contributed by atoms with van der Waals surface area (Å²) >= 11 is 0. The third kappa shape index (κ3) is 4.32. The predicted molar refractivity (Wildman–Crippen MR) is 59.3 cm³/mol. The predicted octanol–water partition coefficient (Wildman–Crippen LogP) is 3.74. The number of nitrogens with one attached hydrogen (secondary N) is 1. The minimum atomic E-state index is -4.10. The third-order valence-electron chi connectivity index (χ3n) is 3.44. The maximum atomic E-state index is 12.2. The van der Waals surface area contributed by atoms with Crippen molar-refractivity contribution in [3.63, 3.8) is 0 Å². The van der Waals surface area contributed by atoms with Crippen molar-refractivity contribution >= 4 is 0 Å². The van der Waals surface area contributed by atoms with Crippen LogP contribution in [0.1, 0.15) is 46.5 Å². The highest BCUT2D eigenvalue weighted by atomic mass is 19.4. The molecule has 1 fully saturated rings. The fraction of sp³-hybridized carbons (Fsp3) is 1.00. The van der Waals surface area contributed by atoms with Crippen LogP contribution in [0, 0.1) is 11.3 Å². The van der Waals surface area contributed by atoms with Gasteiger partial charge in [0.1, 0.15) is 0 Å². The first-order valence-electron chi connectivity index (χ1n) is 6.00. The van der Waals surface area contributed by atoms with E-state index in [1.54, 1.807) is 0 Å². The lowest BCUT2D eigenvalue weighted by molar-refractivity contribution is -0.128. The van der Waals surface area contributed by atoms with Gasteiger partial charge in [0.05, 0.1) is 6.54 Å². The largest absolute Gasteiger partial charge is 0.401 e. The van der Waals surface area contributed by atoms with Crippen molar-refractivity contribution in [1.82, 2.24) is 5.32 Å². The van der Waals surface area contributed by atoms with Crippen molar-refractivity contribution in [2.24, 2.45) is 11.3 Å². The van der Waals surface area contributed by atoms with Crippen molar-refractivity contribution in [1.29, 1.82) is 0 Å². The molecule has 0 radical (unpaired) electrons. The Morgan fingerprint density at radius 2 is 1.62 bits per heavy atom. The quantitative estimate of drug-likeness (QED) is 0.771. The molecule has 1 N–H and O–H groups in total.